The van der Waals surface area contributed by atoms with Crippen LogP contribution in [0.5, 0.6) is 0 Å². The second-order valence-electron chi connectivity index (χ2n) is 9.56. The van der Waals surface area contributed by atoms with Gasteiger partial charge in [0.25, 0.3) is 0 Å². The number of rotatable bonds is 0. The summed E-state index contributed by atoms with van der Waals surface area (Å²) in [4.78, 5) is 1.46. The fraction of sp³-hybridized carbons (Fsp3) is 0.200. The molecule has 6 fully saturated rings. The van der Waals surface area contributed by atoms with Crippen LogP contribution in [0.2, 0.25) is 0 Å². The van der Waals surface area contributed by atoms with E-state index in [1.54, 1.807) is 12.1 Å². The maximum Gasteiger partial charge on any atom is 3.00 e. The molecule has 0 bridgehead atoms. The molecule has 8 rings (SSSR count). The van der Waals surface area contributed by atoms with Crippen molar-refractivity contribution in [2.24, 2.45) is 0 Å². The Balaban J connectivity index is 0. The largest absolute Gasteiger partial charge is 3.00 e. The summed E-state index contributed by atoms with van der Waals surface area (Å²) in [6.07, 6.45) is 45.1. The van der Waals surface area contributed by atoms with Gasteiger partial charge < -0.3 is 46.2 Å². The number of ether oxygens (including phenoxy) is 2. The topological polar surface area (TPSA) is 70.5 Å². The first-order valence-electron chi connectivity index (χ1n) is 15.5. The molecule has 6 aliphatic rings. The van der Waals surface area contributed by atoms with E-state index in [0.29, 0.717) is 11.4 Å². The van der Waals surface area contributed by atoms with E-state index < -0.39 is 0 Å². The average molecular weight is 999 g/mol. The van der Waals surface area contributed by atoms with Gasteiger partial charge in [0, 0.05) is 37.8 Å². The smallest absolute Gasteiger partial charge is 0.778 e. The first-order valence-corrected chi connectivity index (χ1v) is 16.3. The summed E-state index contributed by atoms with van der Waals surface area (Å²) >= 11 is 9.66. The maximum absolute atomic E-state index is 5.42. The second-order valence-corrected chi connectivity index (χ2v) is 10.4. The molecule has 0 spiro atoms. The third-order valence-electron chi connectivity index (χ3n) is 5.71. The quantitative estimate of drug-likeness (QED) is 0.206. The van der Waals surface area contributed by atoms with Gasteiger partial charge in [-0.25, -0.2) is 0 Å². The zero-order valence-electron chi connectivity index (χ0n) is 27.1. The summed E-state index contributed by atoms with van der Waals surface area (Å²) in [6.45, 7) is 4.00. The number of benzene rings is 2. The summed E-state index contributed by atoms with van der Waals surface area (Å²) in [5.74, 6) is 0. The normalized spacial score (nSPS) is 18.0. The molecular weight excluding hydrogens is 951 g/mol. The first-order chi connectivity index (χ1) is 22.6. The van der Waals surface area contributed by atoms with Crippen LogP contribution in [0.15, 0.2) is 58.3 Å². The van der Waals surface area contributed by atoms with Crippen molar-refractivity contribution in [1.82, 2.24) is 0 Å². The van der Waals surface area contributed by atoms with Gasteiger partial charge >= 0.3 is 93.8 Å². The van der Waals surface area contributed by atoms with Crippen LogP contribution in [0.4, 0.5) is 11.4 Å². The Labute approximate surface area is 384 Å². The van der Waals surface area contributed by atoms with Crippen LogP contribution in [0, 0.1) is 222 Å². The molecule has 48 heavy (non-hydrogen) atoms. The van der Waals surface area contributed by atoms with E-state index in [1.165, 1.54) is 25.7 Å². The van der Waals surface area contributed by atoms with Crippen LogP contribution < -0.4 is 11.5 Å². The molecule has 0 aromatic heterocycles. The van der Waals surface area contributed by atoms with E-state index in [9.17, 15) is 0 Å². The van der Waals surface area contributed by atoms with Gasteiger partial charge in [0.15, 0.2) is 0 Å². The van der Waals surface area contributed by atoms with Gasteiger partial charge in [-0.15, -0.1) is 0 Å². The van der Waals surface area contributed by atoms with E-state index in [-0.39, 0.29) is 93.8 Å². The number of nitrogen functional groups attached to an aromatic ring is 2. The maximum atomic E-state index is 5.42. The van der Waals surface area contributed by atoms with E-state index in [2.05, 4.69) is 0 Å². The summed E-state index contributed by atoms with van der Waals surface area (Å²) in [5.41, 5.74) is 12.2. The molecule has 2 aromatic carbocycles. The Bertz CT molecular complexity index is 694. The molecule has 22 radical (unpaired) electrons. The number of hydrogen-bond donors (Lipinski definition) is 2. The van der Waals surface area contributed by atoms with E-state index in [1.807, 2.05) is 165 Å². The molecule has 4 saturated carbocycles. The van der Waals surface area contributed by atoms with Gasteiger partial charge in [0.1, 0.15) is 0 Å². The number of nitrogens with two attached hydrogens (primary N) is 2. The van der Waals surface area contributed by atoms with Gasteiger partial charge in [-0.05, 0) is 166 Å². The molecule has 2 aromatic rings. The van der Waals surface area contributed by atoms with E-state index in [4.69, 9.17) is 46.2 Å². The molecule has 2 aliphatic heterocycles. The Morgan fingerprint density at radius 2 is 0.542 bits per heavy atom. The second kappa shape index (κ2) is 41.2. The van der Waals surface area contributed by atoms with Crippen molar-refractivity contribution in [3.05, 3.63) is 177 Å². The van der Waals surface area contributed by atoms with Crippen LogP contribution >= 0.6 is 0 Å². The van der Waals surface area contributed by atoms with Gasteiger partial charge in [0.2, 0.25) is 0 Å². The minimum atomic E-state index is 0. The van der Waals surface area contributed by atoms with Crippen LogP contribution in [0.3, 0.4) is 0 Å². The summed E-state index contributed by atoms with van der Waals surface area (Å²) < 4.78 is 9.89. The van der Waals surface area contributed by atoms with Gasteiger partial charge in [-0.3, -0.25) is 0 Å². The summed E-state index contributed by atoms with van der Waals surface area (Å²) in [6, 6.07) is 14.7. The molecule has 266 valence electrons. The Kier molecular flexibility index (Phi) is 44.2. The van der Waals surface area contributed by atoms with Crippen molar-refractivity contribution in [2.75, 3.05) is 37.9 Å². The molecule has 0 amide bonds. The third-order valence-corrected chi connectivity index (χ3v) is 6.46. The predicted octanol–water partition coefficient (Wildman–Crippen LogP) is 8.03. The fourth-order valence-corrected chi connectivity index (χ4v) is 3.56. The predicted molar refractivity (Wildman–Crippen MR) is 199 cm³/mol. The van der Waals surface area contributed by atoms with Crippen molar-refractivity contribution in [3.8, 4) is 0 Å². The fourth-order valence-electron chi connectivity index (χ4n) is 3.26. The number of para-hydroxylation sites is 2. The molecule has 0 unspecified atom stereocenters. The first kappa shape index (κ1) is 51.5. The van der Waals surface area contributed by atoms with Crippen molar-refractivity contribution >= 4 is 36.6 Å². The standard InChI is InChI=1S/2C6H7NS.4C5H5.2C4H8O.2Yb/c2*7-5-3-1-2-4-6(5)8;6*1-2-4-5-3-1;;/h2*1-4,8H,7H2;4*1-5H;2*1-4H2;;/q;;;;;;;;2*+3/p-2. The SMILES string of the molecule is C1CCOC1.C1CCOC1.Nc1ccccc1[S-].Nc1ccccc1[S-].[CH]1[CH][CH][CH][CH]1.[CH]1[CH][CH][CH][CH]1.[CH]1[CH][CH][CH][CH]1.[CH]1[CH][CH][CH][CH]1.[Yb+3].[Yb+3]. The third kappa shape index (κ3) is 35.8. The van der Waals surface area contributed by atoms with Crippen molar-refractivity contribution in [3.63, 3.8) is 0 Å². The van der Waals surface area contributed by atoms with Crippen molar-refractivity contribution in [2.45, 2.75) is 35.5 Å². The molecule has 0 atom stereocenters. The minimum Gasteiger partial charge on any atom is -0.778 e. The molecule has 4 aliphatic carbocycles. The molecular formula is C40H48N2O2S2Yb2+4. The minimum absolute atomic E-state index is 0. The molecule has 4 nitrogen and oxygen atoms in total. The number of anilines is 2. The van der Waals surface area contributed by atoms with Gasteiger partial charge in [-0.2, -0.15) is 9.79 Å². The Morgan fingerprint density at radius 3 is 0.646 bits per heavy atom. The Morgan fingerprint density at radius 1 is 0.354 bits per heavy atom. The van der Waals surface area contributed by atoms with Gasteiger partial charge in [0.05, 0.1) is 0 Å². The Hall–Kier alpha value is 1.44. The van der Waals surface area contributed by atoms with Crippen molar-refractivity contribution < 1.29 is 103 Å². The zero-order chi connectivity index (χ0) is 33.2. The van der Waals surface area contributed by atoms with E-state index in [0.717, 1.165) is 36.2 Å². The molecule has 2 heterocycles. The van der Waals surface area contributed by atoms with Crippen LogP contribution in [0.1, 0.15) is 25.7 Å². The van der Waals surface area contributed by atoms with Crippen LogP contribution in [0.25, 0.3) is 0 Å². The monoisotopic (exact) mass is 1000 g/mol. The zero-order valence-corrected chi connectivity index (χ0v) is 32.2. The summed E-state index contributed by atoms with van der Waals surface area (Å²) in [7, 11) is 0. The molecule has 4 N–H and O–H groups in total. The number of hydrogen-bond acceptors (Lipinski definition) is 6. The summed E-state index contributed by atoms with van der Waals surface area (Å²) in [5, 5.41) is 0. The van der Waals surface area contributed by atoms with Gasteiger partial charge in [-0.1, -0.05) is 36.4 Å². The van der Waals surface area contributed by atoms with Crippen molar-refractivity contribution in [1.29, 1.82) is 0 Å². The van der Waals surface area contributed by atoms with Crippen LogP contribution in [-0.4, -0.2) is 26.4 Å². The molecule has 2 saturated heterocycles. The molecule has 8 heteroatoms. The average Bonchev–Trinajstić information content (AvgIpc) is 3.97. The van der Waals surface area contributed by atoms with Crippen LogP contribution in [-0.2, 0) is 34.7 Å². The van der Waals surface area contributed by atoms with E-state index >= 15 is 0 Å².